The Morgan fingerprint density at radius 3 is 3.15 bits per heavy atom. The smallest absolute Gasteiger partial charge is 0.131 e. The van der Waals surface area contributed by atoms with Gasteiger partial charge in [0.2, 0.25) is 0 Å². The number of aliphatic hydroxyl groups excluding tert-OH is 1. The number of fused-ring (bicyclic) bond motifs is 1. The van der Waals surface area contributed by atoms with Gasteiger partial charge in [0.1, 0.15) is 6.23 Å². The SMILES string of the molecule is N#Cc1ccc2c(c1)C(O)NCC2. The molecule has 2 rings (SSSR count). The van der Waals surface area contributed by atoms with Gasteiger partial charge < -0.3 is 5.11 Å². The topological polar surface area (TPSA) is 56.0 Å². The van der Waals surface area contributed by atoms with Crippen molar-refractivity contribution >= 4 is 0 Å². The Bertz CT molecular complexity index is 368. The van der Waals surface area contributed by atoms with Gasteiger partial charge >= 0.3 is 0 Å². The number of nitrogens with zero attached hydrogens (tertiary/aromatic N) is 1. The predicted molar refractivity (Wildman–Crippen MR) is 47.8 cm³/mol. The molecule has 1 aromatic carbocycles. The van der Waals surface area contributed by atoms with E-state index in [1.54, 1.807) is 12.1 Å². The van der Waals surface area contributed by atoms with Crippen LogP contribution in [0.4, 0.5) is 0 Å². The molecule has 0 saturated carbocycles. The summed E-state index contributed by atoms with van der Waals surface area (Å²) in [5, 5.41) is 21.2. The molecule has 0 aliphatic carbocycles. The van der Waals surface area contributed by atoms with Crippen molar-refractivity contribution in [3.05, 3.63) is 34.9 Å². The highest BCUT2D eigenvalue weighted by atomic mass is 16.3. The van der Waals surface area contributed by atoms with E-state index in [2.05, 4.69) is 11.4 Å². The van der Waals surface area contributed by atoms with E-state index < -0.39 is 6.23 Å². The van der Waals surface area contributed by atoms with Crippen molar-refractivity contribution < 1.29 is 5.11 Å². The molecule has 1 aromatic rings. The van der Waals surface area contributed by atoms with E-state index in [0.717, 1.165) is 24.1 Å². The lowest BCUT2D eigenvalue weighted by atomic mass is 9.98. The van der Waals surface area contributed by atoms with E-state index in [1.165, 1.54) is 0 Å². The van der Waals surface area contributed by atoms with E-state index in [4.69, 9.17) is 5.26 Å². The first-order valence-electron chi connectivity index (χ1n) is 4.25. The molecule has 2 N–H and O–H groups in total. The minimum atomic E-state index is -0.614. The molecule has 1 heterocycles. The highest BCUT2D eigenvalue weighted by Crippen LogP contribution is 2.21. The number of hydrogen-bond donors (Lipinski definition) is 2. The summed E-state index contributed by atoms with van der Waals surface area (Å²) in [4.78, 5) is 0. The largest absolute Gasteiger partial charge is 0.374 e. The first-order chi connectivity index (χ1) is 6.31. The van der Waals surface area contributed by atoms with Gasteiger partial charge in [-0.1, -0.05) is 6.07 Å². The van der Waals surface area contributed by atoms with Gasteiger partial charge in [0.25, 0.3) is 0 Å². The molecule has 0 aromatic heterocycles. The lowest BCUT2D eigenvalue weighted by Crippen LogP contribution is -2.29. The molecule has 13 heavy (non-hydrogen) atoms. The average molecular weight is 174 g/mol. The third-order valence-corrected chi connectivity index (χ3v) is 2.30. The zero-order valence-corrected chi connectivity index (χ0v) is 7.12. The number of benzene rings is 1. The quantitative estimate of drug-likeness (QED) is 0.608. The van der Waals surface area contributed by atoms with Crippen LogP contribution in [0.15, 0.2) is 18.2 Å². The van der Waals surface area contributed by atoms with Crippen LogP contribution in [0.3, 0.4) is 0 Å². The second-order valence-electron chi connectivity index (χ2n) is 3.13. The average Bonchev–Trinajstić information content (AvgIpc) is 2.18. The number of rotatable bonds is 0. The molecule has 0 bridgehead atoms. The molecule has 0 saturated heterocycles. The zero-order chi connectivity index (χ0) is 9.26. The Morgan fingerprint density at radius 2 is 2.38 bits per heavy atom. The molecule has 0 amide bonds. The van der Waals surface area contributed by atoms with Crippen molar-refractivity contribution in [1.82, 2.24) is 5.32 Å². The van der Waals surface area contributed by atoms with Crippen LogP contribution in [0.25, 0.3) is 0 Å². The van der Waals surface area contributed by atoms with E-state index >= 15 is 0 Å². The van der Waals surface area contributed by atoms with Gasteiger partial charge in [-0.05, 0) is 29.7 Å². The Morgan fingerprint density at radius 1 is 1.54 bits per heavy atom. The van der Waals surface area contributed by atoms with Crippen LogP contribution in [-0.4, -0.2) is 11.7 Å². The molecule has 1 aliphatic heterocycles. The van der Waals surface area contributed by atoms with Crippen molar-refractivity contribution in [2.24, 2.45) is 0 Å². The van der Waals surface area contributed by atoms with Gasteiger partial charge in [0, 0.05) is 6.54 Å². The van der Waals surface area contributed by atoms with Crippen LogP contribution in [-0.2, 0) is 6.42 Å². The molecule has 1 atom stereocenters. The van der Waals surface area contributed by atoms with Crippen LogP contribution >= 0.6 is 0 Å². The fourth-order valence-electron chi connectivity index (χ4n) is 1.60. The maximum absolute atomic E-state index is 9.56. The monoisotopic (exact) mass is 174 g/mol. The summed E-state index contributed by atoms with van der Waals surface area (Å²) in [7, 11) is 0. The minimum absolute atomic E-state index is 0.599. The van der Waals surface area contributed by atoms with Crippen LogP contribution in [0.5, 0.6) is 0 Å². The summed E-state index contributed by atoms with van der Waals surface area (Å²) in [5.41, 5.74) is 2.57. The van der Waals surface area contributed by atoms with Crippen molar-refractivity contribution in [3.8, 4) is 6.07 Å². The molecule has 0 radical (unpaired) electrons. The van der Waals surface area contributed by atoms with Crippen LogP contribution < -0.4 is 5.32 Å². The van der Waals surface area contributed by atoms with Crippen molar-refractivity contribution in [3.63, 3.8) is 0 Å². The normalized spacial score (nSPS) is 20.5. The summed E-state index contributed by atoms with van der Waals surface area (Å²) >= 11 is 0. The van der Waals surface area contributed by atoms with Crippen molar-refractivity contribution in [2.45, 2.75) is 12.6 Å². The second-order valence-corrected chi connectivity index (χ2v) is 3.13. The first-order valence-corrected chi connectivity index (χ1v) is 4.25. The molecule has 3 heteroatoms. The predicted octanol–water partition coefficient (Wildman–Crippen LogP) is 0.695. The molecule has 3 nitrogen and oxygen atoms in total. The summed E-state index contributed by atoms with van der Waals surface area (Å²) in [6, 6.07) is 7.50. The first kappa shape index (κ1) is 8.24. The standard InChI is InChI=1S/C10H10N2O/c11-6-7-1-2-8-3-4-12-10(13)9(8)5-7/h1-2,5,10,12-13H,3-4H2. The van der Waals surface area contributed by atoms with Gasteiger partial charge in [-0.25, -0.2) is 0 Å². The summed E-state index contributed by atoms with van der Waals surface area (Å²) in [6.07, 6.45) is 0.301. The van der Waals surface area contributed by atoms with Gasteiger partial charge in [0.15, 0.2) is 0 Å². The minimum Gasteiger partial charge on any atom is -0.374 e. The number of hydrogen-bond acceptors (Lipinski definition) is 3. The number of aliphatic hydroxyl groups is 1. The molecule has 66 valence electrons. The fraction of sp³-hybridized carbons (Fsp3) is 0.300. The van der Waals surface area contributed by atoms with E-state index in [0.29, 0.717) is 5.56 Å². The maximum atomic E-state index is 9.56. The third-order valence-electron chi connectivity index (χ3n) is 2.30. The lowest BCUT2D eigenvalue weighted by Gasteiger charge is -2.22. The molecule has 1 unspecified atom stereocenters. The number of nitrogens with one attached hydrogen (secondary N) is 1. The summed E-state index contributed by atoms with van der Waals surface area (Å²) < 4.78 is 0. The number of nitriles is 1. The molecular weight excluding hydrogens is 164 g/mol. The molecular formula is C10H10N2O. The van der Waals surface area contributed by atoms with Crippen molar-refractivity contribution in [2.75, 3.05) is 6.54 Å². The highest BCUT2D eigenvalue weighted by molar-refractivity contribution is 5.40. The highest BCUT2D eigenvalue weighted by Gasteiger charge is 2.16. The Hall–Kier alpha value is -1.37. The zero-order valence-electron chi connectivity index (χ0n) is 7.12. The van der Waals surface area contributed by atoms with E-state index in [1.807, 2.05) is 6.07 Å². The summed E-state index contributed by atoms with van der Waals surface area (Å²) in [5.74, 6) is 0. The molecule has 1 aliphatic rings. The Balaban J connectivity index is 2.48. The second kappa shape index (κ2) is 3.17. The third kappa shape index (κ3) is 1.42. The van der Waals surface area contributed by atoms with Crippen molar-refractivity contribution in [1.29, 1.82) is 5.26 Å². The van der Waals surface area contributed by atoms with E-state index in [-0.39, 0.29) is 0 Å². The van der Waals surface area contributed by atoms with Gasteiger partial charge in [-0.15, -0.1) is 0 Å². The lowest BCUT2D eigenvalue weighted by molar-refractivity contribution is 0.132. The van der Waals surface area contributed by atoms with Crippen LogP contribution in [0.1, 0.15) is 22.9 Å². The van der Waals surface area contributed by atoms with Crippen LogP contribution in [0.2, 0.25) is 0 Å². The maximum Gasteiger partial charge on any atom is 0.131 e. The summed E-state index contributed by atoms with van der Waals surface area (Å²) in [6.45, 7) is 0.792. The molecule has 0 spiro atoms. The van der Waals surface area contributed by atoms with Crippen LogP contribution in [0, 0.1) is 11.3 Å². The van der Waals surface area contributed by atoms with Gasteiger partial charge in [0.05, 0.1) is 11.6 Å². The van der Waals surface area contributed by atoms with Gasteiger partial charge in [-0.2, -0.15) is 5.26 Å². The Labute approximate surface area is 76.6 Å². The van der Waals surface area contributed by atoms with E-state index in [9.17, 15) is 5.11 Å². The van der Waals surface area contributed by atoms with Gasteiger partial charge in [-0.3, -0.25) is 5.32 Å². The Kier molecular flexibility index (Phi) is 2.01. The fourth-order valence-corrected chi connectivity index (χ4v) is 1.60. The molecule has 0 fully saturated rings.